The Morgan fingerprint density at radius 3 is 2.27 bits per heavy atom. The second-order valence-corrected chi connectivity index (χ2v) is 3.07. The average molecular weight is 158 g/mol. The minimum atomic E-state index is 0.0312. The molecular formula is C7H18N4. The number of rotatable bonds is 2. The molecule has 0 aromatic carbocycles. The van der Waals surface area contributed by atoms with Crippen molar-refractivity contribution in [2.24, 2.45) is 5.73 Å². The highest BCUT2D eigenvalue weighted by Gasteiger charge is 2.17. The summed E-state index contributed by atoms with van der Waals surface area (Å²) in [6.07, 6.45) is 0.0312. The summed E-state index contributed by atoms with van der Waals surface area (Å²) in [5.74, 6) is 0. The first-order valence-corrected chi connectivity index (χ1v) is 4.09. The summed E-state index contributed by atoms with van der Waals surface area (Å²) < 4.78 is 0. The van der Waals surface area contributed by atoms with Crippen molar-refractivity contribution in [3.05, 3.63) is 0 Å². The van der Waals surface area contributed by atoms with E-state index in [0.717, 1.165) is 26.2 Å². The fraction of sp³-hybridized carbons (Fsp3) is 1.00. The van der Waals surface area contributed by atoms with Crippen molar-refractivity contribution in [3.63, 3.8) is 0 Å². The summed E-state index contributed by atoms with van der Waals surface area (Å²) in [4.78, 5) is 4.57. The molecule has 1 aliphatic rings. The van der Waals surface area contributed by atoms with E-state index in [9.17, 15) is 0 Å². The van der Waals surface area contributed by atoms with E-state index in [4.69, 9.17) is 5.73 Å². The van der Waals surface area contributed by atoms with Crippen LogP contribution in [0.1, 0.15) is 0 Å². The molecule has 1 atom stereocenters. The molecule has 0 aromatic heterocycles. The summed E-state index contributed by atoms with van der Waals surface area (Å²) >= 11 is 0. The molecule has 0 bridgehead atoms. The van der Waals surface area contributed by atoms with Crippen molar-refractivity contribution >= 4 is 0 Å². The van der Waals surface area contributed by atoms with Gasteiger partial charge in [0.15, 0.2) is 0 Å². The Morgan fingerprint density at radius 2 is 1.82 bits per heavy atom. The lowest BCUT2D eigenvalue weighted by atomic mass is 10.3. The van der Waals surface area contributed by atoms with Gasteiger partial charge in [-0.15, -0.1) is 0 Å². The van der Waals surface area contributed by atoms with Gasteiger partial charge in [0.1, 0.15) is 6.29 Å². The summed E-state index contributed by atoms with van der Waals surface area (Å²) in [7, 11) is 4.03. The van der Waals surface area contributed by atoms with Crippen molar-refractivity contribution in [2.75, 3.05) is 40.3 Å². The normalized spacial score (nSPS) is 25.4. The minimum Gasteiger partial charge on any atom is -0.304 e. The predicted octanol–water partition coefficient (Wildman–Crippen LogP) is -1.30. The molecule has 0 amide bonds. The van der Waals surface area contributed by atoms with Crippen LogP contribution in [0.5, 0.6) is 0 Å². The van der Waals surface area contributed by atoms with Crippen LogP contribution in [0.15, 0.2) is 0 Å². The van der Waals surface area contributed by atoms with E-state index >= 15 is 0 Å². The number of piperazine rings is 1. The molecule has 0 aromatic rings. The maximum Gasteiger partial charge on any atom is 0.111 e. The zero-order valence-corrected chi connectivity index (χ0v) is 7.38. The van der Waals surface area contributed by atoms with Crippen LogP contribution in [0.4, 0.5) is 0 Å². The lowest BCUT2D eigenvalue weighted by Gasteiger charge is -2.35. The molecule has 1 heterocycles. The van der Waals surface area contributed by atoms with Crippen LogP contribution >= 0.6 is 0 Å². The molecule has 11 heavy (non-hydrogen) atoms. The summed E-state index contributed by atoms with van der Waals surface area (Å²) in [6, 6.07) is 0. The van der Waals surface area contributed by atoms with Gasteiger partial charge in [0.2, 0.25) is 0 Å². The van der Waals surface area contributed by atoms with Gasteiger partial charge in [-0.1, -0.05) is 0 Å². The first-order valence-electron chi connectivity index (χ1n) is 4.09. The highest BCUT2D eigenvalue weighted by atomic mass is 15.4. The molecule has 1 saturated heterocycles. The first kappa shape index (κ1) is 8.93. The third-order valence-corrected chi connectivity index (χ3v) is 2.23. The average Bonchev–Trinajstić information content (AvgIpc) is 2.05. The second kappa shape index (κ2) is 4.01. The third kappa shape index (κ3) is 2.41. The van der Waals surface area contributed by atoms with Crippen molar-refractivity contribution in [1.29, 1.82) is 0 Å². The SMILES string of the molecule is CNC(N)N1CCN(C)CC1. The second-order valence-electron chi connectivity index (χ2n) is 3.07. The smallest absolute Gasteiger partial charge is 0.111 e. The highest BCUT2D eigenvalue weighted by molar-refractivity contribution is 4.71. The lowest BCUT2D eigenvalue weighted by molar-refractivity contribution is 0.101. The molecule has 4 heteroatoms. The maximum absolute atomic E-state index is 5.79. The van der Waals surface area contributed by atoms with Crippen LogP contribution < -0.4 is 11.1 Å². The van der Waals surface area contributed by atoms with E-state index in [1.807, 2.05) is 7.05 Å². The first-order chi connectivity index (χ1) is 5.24. The van der Waals surface area contributed by atoms with Gasteiger partial charge in [0, 0.05) is 26.2 Å². The third-order valence-electron chi connectivity index (χ3n) is 2.23. The maximum atomic E-state index is 5.79. The Bertz CT molecular complexity index is 109. The van der Waals surface area contributed by atoms with Crippen LogP contribution in [0.25, 0.3) is 0 Å². The monoisotopic (exact) mass is 158 g/mol. The van der Waals surface area contributed by atoms with Gasteiger partial charge in [0.05, 0.1) is 0 Å². The van der Waals surface area contributed by atoms with Crippen LogP contribution in [0.3, 0.4) is 0 Å². The van der Waals surface area contributed by atoms with E-state index in [1.165, 1.54) is 0 Å². The molecular weight excluding hydrogens is 140 g/mol. The summed E-state index contributed by atoms with van der Waals surface area (Å²) in [5.41, 5.74) is 5.79. The van der Waals surface area contributed by atoms with E-state index < -0.39 is 0 Å². The summed E-state index contributed by atoms with van der Waals surface area (Å²) in [5, 5.41) is 3.03. The number of nitrogens with one attached hydrogen (secondary N) is 1. The molecule has 0 radical (unpaired) electrons. The molecule has 1 fully saturated rings. The topological polar surface area (TPSA) is 44.5 Å². The van der Waals surface area contributed by atoms with Crippen molar-refractivity contribution < 1.29 is 0 Å². The highest BCUT2D eigenvalue weighted by Crippen LogP contribution is 1.98. The zero-order valence-electron chi connectivity index (χ0n) is 7.38. The van der Waals surface area contributed by atoms with Gasteiger partial charge in [-0.05, 0) is 14.1 Å². The van der Waals surface area contributed by atoms with E-state index in [2.05, 4.69) is 22.2 Å². The predicted molar refractivity (Wildman–Crippen MR) is 46.1 cm³/mol. The van der Waals surface area contributed by atoms with Crippen LogP contribution in [0.2, 0.25) is 0 Å². The van der Waals surface area contributed by atoms with Gasteiger partial charge in [-0.25, -0.2) is 0 Å². The van der Waals surface area contributed by atoms with Gasteiger partial charge in [-0.2, -0.15) is 0 Å². The Balaban J connectivity index is 2.27. The molecule has 3 N–H and O–H groups in total. The molecule has 0 saturated carbocycles. The van der Waals surface area contributed by atoms with Gasteiger partial charge in [0.25, 0.3) is 0 Å². The molecule has 1 rings (SSSR count). The van der Waals surface area contributed by atoms with Gasteiger partial charge < -0.3 is 10.6 Å². The van der Waals surface area contributed by atoms with Crippen molar-refractivity contribution in [2.45, 2.75) is 6.29 Å². The number of hydrogen-bond donors (Lipinski definition) is 2. The number of likely N-dealkylation sites (N-methyl/N-ethyl adjacent to an activating group) is 1. The number of hydrogen-bond acceptors (Lipinski definition) is 4. The van der Waals surface area contributed by atoms with E-state index in [0.29, 0.717) is 0 Å². The lowest BCUT2D eigenvalue weighted by Crippen LogP contribution is -2.57. The van der Waals surface area contributed by atoms with Crippen LogP contribution in [-0.2, 0) is 0 Å². The standard InChI is InChI=1S/C7H18N4/c1-9-7(8)11-5-3-10(2)4-6-11/h7,9H,3-6,8H2,1-2H3. The number of nitrogens with two attached hydrogens (primary N) is 1. The zero-order chi connectivity index (χ0) is 8.27. The van der Waals surface area contributed by atoms with Crippen molar-refractivity contribution in [1.82, 2.24) is 15.1 Å². The molecule has 66 valence electrons. The van der Waals surface area contributed by atoms with Gasteiger partial charge >= 0.3 is 0 Å². The van der Waals surface area contributed by atoms with Crippen LogP contribution in [0, 0.1) is 0 Å². The molecule has 1 unspecified atom stereocenters. The fourth-order valence-corrected chi connectivity index (χ4v) is 1.28. The molecule has 1 aliphatic heterocycles. The molecule has 0 aliphatic carbocycles. The Labute approximate surface area is 68.3 Å². The minimum absolute atomic E-state index is 0.0312. The Morgan fingerprint density at radius 1 is 1.27 bits per heavy atom. The van der Waals surface area contributed by atoms with Gasteiger partial charge in [-0.3, -0.25) is 10.2 Å². The fourth-order valence-electron chi connectivity index (χ4n) is 1.28. The molecule has 4 nitrogen and oxygen atoms in total. The molecule has 0 spiro atoms. The van der Waals surface area contributed by atoms with E-state index in [-0.39, 0.29) is 6.29 Å². The quantitative estimate of drug-likeness (QED) is 0.490. The van der Waals surface area contributed by atoms with Crippen molar-refractivity contribution in [3.8, 4) is 0 Å². The summed E-state index contributed by atoms with van der Waals surface area (Å²) in [6.45, 7) is 4.38. The Kier molecular flexibility index (Phi) is 3.26. The largest absolute Gasteiger partial charge is 0.304 e. The number of nitrogens with zero attached hydrogens (tertiary/aromatic N) is 2. The van der Waals surface area contributed by atoms with Crippen LogP contribution in [-0.4, -0.2) is 56.4 Å². The van der Waals surface area contributed by atoms with E-state index in [1.54, 1.807) is 0 Å². The Hall–Kier alpha value is -0.160.